The molecule has 0 spiro atoms. The van der Waals surface area contributed by atoms with Crippen LogP contribution in [0.5, 0.6) is 0 Å². The molecule has 5 nitrogen and oxygen atoms in total. The molecule has 1 aromatic carbocycles. The minimum absolute atomic E-state index is 0.0563. The van der Waals surface area contributed by atoms with Crippen LogP contribution in [0.15, 0.2) is 42.5 Å². The molecule has 3 aromatic rings. The Bertz CT molecular complexity index is 869. The zero-order chi connectivity index (χ0) is 17.2. The molecule has 1 unspecified atom stereocenters. The van der Waals surface area contributed by atoms with Crippen LogP contribution in [-0.2, 0) is 4.74 Å². The number of hydrogen-bond donors (Lipinski definition) is 0. The van der Waals surface area contributed by atoms with Gasteiger partial charge in [-0.2, -0.15) is 0 Å². The summed E-state index contributed by atoms with van der Waals surface area (Å²) in [4.78, 5) is 23.9. The number of carbonyl (C=O) groups excluding carboxylic acids is 1. The van der Waals surface area contributed by atoms with Gasteiger partial charge in [0.2, 0.25) is 0 Å². The second-order valence-electron chi connectivity index (χ2n) is 6.18. The maximum Gasteiger partial charge on any atom is 0.278 e. The third-order valence-corrected chi connectivity index (χ3v) is 5.34. The molecular weight excluding hydrogens is 334 g/mol. The predicted octanol–water partition coefficient (Wildman–Crippen LogP) is 3.83. The van der Waals surface area contributed by atoms with Crippen LogP contribution in [-0.4, -0.2) is 35.1 Å². The lowest BCUT2D eigenvalue weighted by Crippen LogP contribution is -2.38. The van der Waals surface area contributed by atoms with Crippen LogP contribution in [0.3, 0.4) is 0 Å². The van der Waals surface area contributed by atoms with Crippen molar-refractivity contribution in [3.63, 3.8) is 0 Å². The summed E-state index contributed by atoms with van der Waals surface area (Å²) in [5.74, 6) is -0.127. The molecule has 0 N–H and O–H groups in total. The lowest BCUT2D eigenvalue weighted by Gasteiger charge is -2.22. The molecule has 1 amide bonds. The number of fused-ring (bicyclic) bond motifs is 1. The fraction of sp³-hybridized carbons (Fsp3) is 0.316. The molecule has 1 aliphatic heterocycles. The first-order chi connectivity index (χ1) is 12.2. The van der Waals surface area contributed by atoms with Crippen molar-refractivity contribution in [2.45, 2.75) is 25.9 Å². The normalized spacial score (nSPS) is 17.1. The Kier molecular flexibility index (Phi) is 4.46. The van der Waals surface area contributed by atoms with Crippen LogP contribution in [0.4, 0.5) is 5.13 Å². The number of hydrogen-bond acceptors (Lipinski definition) is 5. The summed E-state index contributed by atoms with van der Waals surface area (Å²) in [6, 6.07) is 13.4. The smallest absolute Gasteiger partial charge is 0.278 e. The molecule has 0 saturated carbocycles. The van der Waals surface area contributed by atoms with Crippen LogP contribution < -0.4 is 4.90 Å². The van der Waals surface area contributed by atoms with Gasteiger partial charge in [-0.1, -0.05) is 29.5 Å². The second-order valence-corrected chi connectivity index (χ2v) is 7.19. The number of anilines is 1. The Morgan fingerprint density at radius 1 is 1.24 bits per heavy atom. The predicted molar refractivity (Wildman–Crippen MR) is 99.2 cm³/mol. The highest BCUT2D eigenvalue weighted by Gasteiger charge is 2.27. The zero-order valence-electron chi connectivity index (χ0n) is 14.0. The molecule has 6 heteroatoms. The fourth-order valence-electron chi connectivity index (χ4n) is 3.02. The highest BCUT2D eigenvalue weighted by atomic mass is 32.1. The van der Waals surface area contributed by atoms with Crippen molar-refractivity contribution in [1.82, 2.24) is 9.97 Å². The Labute approximate surface area is 150 Å². The number of nitrogens with zero attached hydrogens (tertiary/aromatic N) is 3. The summed E-state index contributed by atoms with van der Waals surface area (Å²) in [5.41, 5.74) is 2.18. The van der Waals surface area contributed by atoms with E-state index in [9.17, 15) is 4.79 Å². The summed E-state index contributed by atoms with van der Waals surface area (Å²) >= 11 is 1.53. The van der Waals surface area contributed by atoms with E-state index in [-0.39, 0.29) is 12.0 Å². The molecule has 25 heavy (non-hydrogen) atoms. The maximum atomic E-state index is 13.1. The Balaban J connectivity index is 1.71. The average molecular weight is 353 g/mol. The summed E-state index contributed by atoms with van der Waals surface area (Å²) in [6.07, 6.45) is 2.06. The summed E-state index contributed by atoms with van der Waals surface area (Å²) < 4.78 is 6.82. The SMILES string of the molecule is Cc1cccc(C(=O)N(CC2CCCO2)c2nc3ccccc3s2)n1. The number of para-hydroxylation sites is 1. The van der Waals surface area contributed by atoms with E-state index in [1.807, 2.05) is 43.3 Å². The standard InChI is InChI=1S/C19H19N3O2S/c1-13-6-4-9-16(20-13)18(23)22(12-14-7-5-11-24-14)19-21-15-8-2-3-10-17(15)25-19/h2-4,6,8-10,14H,5,7,11-12H2,1H3. The van der Waals surface area contributed by atoms with Gasteiger partial charge < -0.3 is 4.74 Å². The van der Waals surface area contributed by atoms with Gasteiger partial charge >= 0.3 is 0 Å². The molecule has 128 valence electrons. The van der Waals surface area contributed by atoms with Crippen molar-refractivity contribution in [3.05, 3.63) is 53.9 Å². The number of carbonyl (C=O) groups is 1. The highest BCUT2D eigenvalue weighted by molar-refractivity contribution is 7.22. The fourth-order valence-corrected chi connectivity index (χ4v) is 3.99. The van der Waals surface area contributed by atoms with E-state index in [2.05, 4.69) is 9.97 Å². The number of thiazole rings is 1. The zero-order valence-corrected chi connectivity index (χ0v) is 14.8. The topological polar surface area (TPSA) is 55.3 Å². The van der Waals surface area contributed by atoms with Gasteiger partial charge in [0, 0.05) is 12.3 Å². The average Bonchev–Trinajstić information content (AvgIpc) is 3.28. The third kappa shape index (κ3) is 3.41. The maximum absolute atomic E-state index is 13.1. The molecule has 4 rings (SSSR count). The van der Waals surface area contributed by atoms with Crippen molar-refractivity contribution < 1.29 is 9.53 Å². The minimum Gasteiger partial charge on any atom is -0.376 e. The van der Waals surface area contributed by atoms with Crippen molar-refractivity contribution in [2.75, 3.05) is 18.1 Å². The molecule has 3 heterocycles. The largest absolute Gasteiger partial charge is 0.376 e. The lowest BCUT2D eigenvalue weighted by molar-refractivity contribution is 0.0913. The summed E-state index contributed by atoms with van der Waals surface area (Å²) in [5, 5.41) is 0.699. The van der Waals surface area contributed by atoms with Gasteiger partial charge in [-0.15, -0.1) is 0 Å². The number of aryl methyl sites for hydroxylation is 1. The van der Waals surface area contributed by atoms with Gasteiger partial charge in [-0.05, 0) is 44.0 Å². The monoisotopic (exact) mass is 353 g/mol. The number of rotatable bonds is 4. The minimum atomic E-state index is -0.127. The van der Waals surface area contributed by atoms with Gasteiger partial charge in [-0.25, -0.2) is 9.97 Å². The molecule has 1 saturated heterocycles. The lowest BCUT2D eigenvalue weighted by atomic mass is 10.2. The van der Waals surface area contributed by atoms with E-state index in [4.69, 9.17) is 4.74 Å². The van der Waals surface area contributed by atoms with E-state index in [0.717, 1.165) is 35.4 Å². The highest BCUT2D eigenvalue weighted by Crippen LogP contribution is 2.30. The quantitative estimate of drug-likeness (QED) is 0.715. The summed E-state index contributed by atoms with van der Waals surface area (Å²) in [6.45, 7) is 3.16. The summed E-state index contributed by atoms with van der Waals surface area (Å²) in [7, 11) is 0. The van der Waals surface area contributed by atoms with Crippen molar-refractivity contribution >= 4 is 32.6 Å². The number of pyridine rings is 1. The van der Waals surface area contributed by atoms with Gasteiger partial charge in [0.05, 0.1) is 22.9 Å². The molecule has 1 aliphatic rings. The molecule has 0 aliphatic carbocycles. The first kappa shape index (κ1) is 16.2. The number of aromatic nitrogens is 2. The molecule has 1 fully saturated rings. The van der Waals surface area contributed by atoms with E-state index in [1.165, 1.54) is 11.3 Å². The molecule has 0 bridgehead atoms. The van der Waals surface area contributed by atoms with Crippen LogP contribution in [0.2, 0.25) is 0 Å². The van der Waals surface area contributed by atoms with Crippen LogP contribution in [0.25, 0.3) is 10.2 Å². The van der Waals surface area contributed by atoms with Crippen molar-refractivity contribution in [2.24, 2.45) is 0 Å². The van der Waals surface area contributed by atoms with E-state index < -0.39 is 0 Å². The first-order valence-corrected chi connectivity index (χ1v) is 9.25. The third-order valence-electron chi connectivity index (χ3n) is 4.28. The van der Waals surface area contributed by atoms with Crippen molar-refractivity contribution in [3.8, 4) is 0 Å². The Morgan fingerprint density at radius 2 is 2.12 bits per heavy atom. The molecule has 2 aromatic heterocycles. The van der Waals surface area contributed by atoms with Gasteiger partial charge in [0.1, 0.15) is 5.69 Å². The Morgan fingerprint density at radius 3 is 2.88 bits per heavy atom. The molecule has 1 atom stereocenters. The van der Waals surface area contributed by atoms with Crippen LogP contribution in [0, 0.1) is 6.92 Å². The van der Waals surface area contributed by atoms with Crippen LogP contribution >= 0.6 is 11.3 Å². The molecule has 0 radical (unpaired) electrons. The van der Waals surface area contributed by atoms with Crippen LogP contribution in [0.1, 0.15) is 29.0 Å². The molecular formula is C19H19N3O2S. The van der Waals surface area contributed by atoms with Gasteiger partial charge in [-0.3, -0.25) is 9.69 Å². The van der Waals surface area contributed by atoms with Gasteiger partial charge in [0.15, 0.2) is 5.13 Å². The number of ether oxygens (including phenoxy) is 1. The van der Waals surface area contributed by atoms with Crippen molar-refractivity contribution in [1.29, 1.82) is 0 Å². The second kappa shape index (κ2) is 6.90. The van der Waals surface area contributed by atoms with E-state index >= 15 is 0 Å². The van der Waals surface area contributed by atoms with E-state index in [1.54, 1.807) is 11.0 Å². The van der Waals surface area contributed by atoms with E-state index in [0.29, 0.717) is 17.4 Å². The van der Waals surface area contributed by atoms with Gasteiger partial charge in [0.25, 0.3) is 5.91 Å². The first-order valence-electron chi connectivity index (χ1n) is 8.43. The number of amides is 1. The Hall–Kier alpha value is -2.31. The number of benzene rings is 1.